The fourth-order valence-corrected chi connectivity index (χ4v) is 5.75. The Kier molecular flexibility index (Phi) is 5.92. The molecule has 1 fully saturated rings. The average molecular weight is 473 g/mol. The fraction of sp³-hybridized carbons (Fsp3) is 0.435. The van der Waals surface area contributed by atoms with Crippen molar-refractivity contribution in [3.05, 3.63) is 49.8 Å². The third kappa shape index (κ3) is 3.91. The van der Waals surface area contributed by atoms with Crippen LogP contribution in [0.15, 0.2) is 23.0 Å². The van der Waals surface area contributed by atoms with E-state index in [1.54, 1.807) is 10.6 Å². The van der Waals surface area contributed by atoms with Crippen LogP contribution >= 0.6 is 22.9 Å². The van der Waals surface area contributed by atoms with E-state index in [0.29, 0.717) is 51.1 Å². The molecule has 1 amide bonds. The van der Waals surface area contributed by atoms with Gasteiger partial charge in [0.25, 0.3) is 11.5 Å². The van der Waals surface area contributed by atoms with Crippen molar-refractivity contribution in [2.75, 3.05) is 36.5 Å². The quantitative estimate of drug-likeness (QED) is 0.617. The molecule has 1 saturated heterocycles. The normalized spacial score (nSPS) is 16.6. The molecule has 0 aliphatic carbocycles. The van der Waals surface area contributed by atoms with Crippen molar-refractivity contribution in [1.29, 1.82) is 0 Å². The van der Waals surface area contributed by atoms with Crippen molar-refractivity contribution in [3.8, 4) is 0 Å². The molecule has 1 aromatic carbocycles. The Morgan fingerprint density at radius 2 is 2.00 bits per heavy atom. The lowest BCUT2D eigenvalue weighted by Gasteiger charge is -2.30. The zero-order valence-electron chi connectivity index (χ0n) is 17.9. The monoisotopic (exact) mass is 472 g/mol. The van der Waals surface area contributed by atoms with E-state index in [4.69, 9.17) is 21.3 Å². The van der Waals surface area contributed by atoms with Gasteiger partial charge in [-0.15, -0.1) is 11.3 Å². The van der Waals surface area contributed by atoms with Gasteiger partial charge in [0.15, 0.2) is 0 Å². The number of benzene rings is 1. The molecule has 0 radical (unpaired) electrons. The van der Waals surface area contributed by atoms with Crippen molar-refractivity contribution >= 4 is 50.4 Å². The van der Waals surface area contributed by atoms with Gasteiger partial charge in [0.2, 0.25) is 0 Å². The molecule has 3 aromatic rings. The van der Waals surface area contributed by atoms with Crippen LogP contribution in [0.1, 0.15) is 40.3 Å². The first kappa shape index (κ1) is 21.4. The summed E-state index contributed by atoms with van der Waals surface area (Å²) < 4.78 is 7.25. The van der Waals surface area contributed by atoms with E-state index >= 15 is 0 Å². The van der Waals surface area contributed by atoms with Gasteiger partial charge in [-0.05, 0) is 43.5 Å². The van der Waals surface area contributed by atoms with Gasteiger partial charge in [0.05, 0.1) is 34.9 Å². The lowest BCUT2D eigenvalue weighted by molar-refractivity contribution is 0.103. The average Bonchev–Trinajstić information content (AvgIpc) is 2.95. The van der Waals surface area contributed by atoms with Crippen LogP contribution in [-0.2, 0) is 17.7 Å². The molecule has 2 aliphatic rings. The molecule has 32 heavy (non-hydrogen) atoms. The molecular weight excluding hydrogens is 448 g/mol. The molecule has 0 atom stereocenters. The fourth-order valence-electron chi connectivity index (χ4n) is 4.49. The molecule has 2 aliphatic heterocycles. The highest BCUT2D eigenvalue weighted by Crippen LogP contribution is 2.33. The number of halogens is 1. The number of hydrogen-bond acceptors (Lipinski definition) is 6. The van der Waals surface area contributed by atoms with E-state index in [1.807, 2.05) is 19.1 Å². The van der Waals surface area contributed by atoms with Crippen LogP contribution in [-0.4, -0.2) is 41.8 Å². The van der Waals surface area contributed by atoms with Crippen LogP contribution in [0.4, 0.5) is 11.4 Å². The van der Waals surface area contributed by atoms with Crippen LogP contribution < -0.4 is 15.8 Å². The standard InChI is InChI=1S/C23H25ClN4O3S/c1-14-19-22(26-18-5-3-2-4-8-28(18)23(19)30)32-20(14)21(29)25-16-13-15(24)6-7-17(16)27-9-11-31-12-10-27/h6-7,13H,2-5,8-12H2,1H3,(H,25,29). The van der Waals surface area contributed by atoms with E-state index in [1.165, 1.54) is 11.3 Å². The van der Waals surface area contributed by atoms with Crippen molar-refractivity contribution in [2.45, 2.75) is 39.2 Å². The number of carbonyl (C=O) groups is 1. The molecule has 7 nitrogen and oxygen atoms in total. The second kappa shape index (κ2) is 8.84. The number of aryl methyl sites for hydroxylation is 2. The van der Waals surface area contributed by atoms with E-state index in [0.717, 1.165) is 50.3 Å². The molecule has 0 saturated carbocycles. The number of ether oxygens (including phenoxy) is 1. The van der Waals surface area contributed by atoms with Crippen molar-refractivity contribution < 1.29 is 9.53 Å². The van der Waals surface area contributed by atoms with E-state index < -0.39 is 0 Å². The summed E-state index contributed by atoms with van der Waals surface area (Å²) in [5, 5.41) is 4.14. The Labute approximate surface area is 195 Å². The molecule has 5 rings (SSSR count). The number of anilines is 2. The lowest BCUT2D eigenvalue weighted by Crippen LogP contribution is -2.36. The molecule has 1 N–H and O–H groups in total. The van der Waals surface area contributed by atoms with Gasteiger partial charge in [0.1, 0.15) is 10.7 Å². The topological polar surface area (TPSA) is 76.5 Å². The Hall–Kier alpha value is -2.42. The Morgan fingerprint density at radius 1 is 1.19 bits per heavy atom. The van der Waals surface area contributed by atoms with Gasteiger partial charge in [-0.25, -0.2) is 4.98 Å². The number of thiophene rings is 1. The summed E-state index contributed by atoms with van der Waals surface area (Å²) in [6, 6.07) is 5.51. The minimum absolute atomic E-state index is 0.0311. The summed E-state index contributed by atoms with van der Waals surface area (Å²) >= 11 is 7.53. The number of amides is 1. The second-order valence-electron chi connectivity index (χ2n) is 8.25. The summed E-state index contributed by atoms with van der Waals surface area (Å²) in [7, 11) is 0. The third-order valence-electron chi connectivity index (χ3n) is 6.18. The number of morpholine rings is 1. The highest BCUT2D eigenvalue weighted by molar-refractivity contribution is 7.20. The van der Waals surface area contributed by atoms with Gasteiger partial charge in [-0.1, -0.05) is 18.0 Å². The van der Waals surface area contributed by atoms with E-state index in [-0.39, 0.29) is 11.5 Å². The highest BCUT2D eigenvalue weighted by Gasteiger charge is 2.24. The zero-order chi connectivity index (χ0) is 22.2. The number of rotatable bonds is 3. The van der Waals surface area contributed by atoms with Gasteiger partial charge in [-0.3, -0.25) is 14.2 Å². The van der Waals surface area contributed by atoms with Crippen LogP contribution in [0, 0.1) is 6.92 Å². The van der Waals surface area contributed by atoms with Gasteiger partial charge in [0, 0.05) is 31.1 Å². The maximum absolute atomic E-state index is 13.3. The molecule has 9 heteroatoms. The molecule has 0 spiro atoms. The lowest BCUT2D eigenvalue weighted by atomic mass is 10.2. The van der Waals surface area contributed by atoms with E-state index in [2.05, 4.69) is 10.2 Å². The first-order valence-corrected chi connectivity index (χ1v) is 12.2. The summed E-state index contributed by atoms with van der Waals surface area (Å²) in [6.45, 7) is 5.31. The SMILES string of the molecule is Cc1c(C(=O)Nc2cc(Cl)ccc2N2CCOCC2)sc2nc3n(c(=O)c12)CCCCC3. The summed E-state index contributed by atoms with van der Waals surface area (Å²) in [5.74, 6) is 0.583. The number of aromatic nitrogens is 2. The highest BCUT2D eigenvalue weighted by atomic mass is 35.5. The summed E-state index contributed by atoms with van der Waals surface area (Å²) in [5.41, 5.74) is 2.22. The Morgan fingerprint density at radius 3 is 2.81 bits per heavy atom. The molecule has 0 bridgehead atoms. The molecular formula is C23H25ClN4O3S. The maximum atomic E-state index is 13.3. The number of nitrogens with one attached hydrogen (secondary N) is 1. The second-order valence-corrected chi connectivity index (χ2v) is 9.68. The van der Waals surface area contributed by atoms with Crippen LogP contribution in [0.25, 0.3) is 10.2 Å². The predicted molar refractivity (Wildman–Crippen MR) is 129 cm³/mol. The number of nitrogens with zero attached hydrogens (tertiary/aromatic N) is 3. The van der Waals surface area contributed by atoms with E-state index in [9.17, 15) is 9.59 Å². The van der Waals surface area contributed by atoms with Crippen molar-refractivity contribution in [3.63, 3.8) is 0 Å². The number of carbonyl (C=O) groups excluding carboxylic acids is 1. The minimum atomic E-state index is -0.248. The predicted octanol–water partition coefficient (Wildman–Crippen LogP) is 4.24. The zero-order valence-corrected chi connectivity index (χ0v) is 19.5. The smallest absolute Gasteiger partial charge is 0.266 e. The van der Waals surface area contributed by atoms with Crippen LogP contribution in [0.2, 0.25) is 5.02 Å². The van der Waals surface area contributed by atoms with Crippen molar-refractivity contribution in [1.82, 2.24) is 9.55 Å². The largest absolute Gasteiger partial charge is 0.378 e. The molecule has 4 heterocycles. The van der Waals surface area contributed by atoms with Gasteiger partial charge >= 0.3 is 0 Å². The Bertz CT molecular complexity index is 1250. The molecule has 168 valence electrons. The number of fused-ring (bicyclic) bond motifs is 2. The number of hydrogen-bond donors (Lipinski definition) is 1. The summed E-state index contributed by atoms with van der Waals surface area (Å²) in [6.07, 6.45) is 3.92. The Balaban J connectivity index is 1.51. The van der Waals surface area contributed by atoms with Crippen LogP contribution in [0.3, 0.4) is 0 Å². The van der Waals surface area contributed by atoms with Gasteiger partial charge in [-0.2, -0.15) is 0 Å². The minimum Gasteiger partial charge on any atom is -0.378 e. The summed E-state index contributed by atoms with van der Waals surface area (Å²) in [4.78, 5) is 34.6. The van der Waals surface area contributed by atoms with Crippen molar-refractivity contribution in [2.24, 2.45) is 0 Å². The third-order valence-corrected chi connectivity index (χ3v) is 7.60. The first-order chi connectivity index (χ1) is 15.5. The maximum Gasteiger partial charge on any atom is 0.266 e. The molecule has 2 aromatic heterocycles. The molecule has 0 unspecified atom stereocenters. The first-order valence-electron chi connectivity index (χ1n) is 11.0. The van der Waals surface area contributed by atoms with Gasteiger partial charge < -0.3 is 15.0 Å². The van der Waals surface area contributed by atoms with Crippen LogP contribution in [0.5, 0.6) is 0 Å².